The van der Waals surface area contributed by atoms with Crippen LogP contribution < -0.4 is 4.74 Å². The number of amides is 1. The van der Waals surface area contributed by atoms with Crippen LogP contribution in [0.4, 0.5) is 0 Å². The molecule has 0 aliphatic carbocycles. The number of carboxylic acid groups (broad SMARTS) is 1. The number of ether oxygens (including phenoxy) is 1. The van der Waals surface area contributed by atoms with E-state index >= 15 is 0 Å². The third-order valence-corrected chi connectivity index (χ3v) is 3.56. The molecule has 1 aromatic carbocycles. The Morgan fingerprint density at radius 1 is 1.22 bits per heavy atom. The number of carbonyl (C=O) groups is 2. The van der Waals surface area contributed by atoms with Gasteiger partial charge in [-0.3, -0.25) is 9.78 Å². The number of rotatable bonds is 4. The van der Waals surface area contributed by atoms with Crippen molar-refractivity contribution in [3.63, 3.8) is 0 Å². The molecular weight excluding hydrogens is 300 g/mol. The predicted octanol–water partition coefficient (Wildman–Crippen LogP) is 1.39. The molecule has 1 aliphatic heterocycles. The second-order valence-corrected chi connectivity index (χ2v) is 5.15. The molecule has 7 heteroatoms. The van der Waals surface area contributed by atoms with E-state index in [4.69, 9.17) is 9.84 Å². The largest absolute Gasteiger partial charge is 0.507 e. The van der Waals surface area contributed by atoms with Gasteiger partial charge in [0, 0.05) is 12.4 Å². The summed E-state index contributed by atoms with van der Waals surface area (Å²) < 4.78 is 5.59. The summed E-state index contributed by atoms with van der Waals surface area (Å²) in [5.41, 5.74) is 0.221. The van der Waals surface area contributed by atoms with E-state index in [1.54, 1.807) is 23.2 Å². The van der Waals surface area contributed by atoms with Gasteiger partial charge < -0.3 is 19.8 Å². The maximum atomic E-state index is 12.2. The number of pyridine rings is 1. The molecule has 1 fully saturated rings. The molecule has 3 rings (SSSR count). The normalized spacial score (nSPS) is 14.2. The number of carboxylic acids is 1. The van der Waals surface area contributed by atoms with Crippen molar-refractivity contribution in [2.45, 2.75) is 6.10 Å². The standard InChI is InChI=1S/C16H14N2O5/c19-12-4-1-5-13(14(12)16(21)22)23-11-8-18(9-11)15(20)10-3-2-6-17-7-10/h1-7,11,19H,8-9H2,(H,21,22). The van der Waals surface area contributed by atoms with Crippen LogP contribution in [0.25, 0.3) is 0 Å². The van der Waals surface area contributed by atoms with Gasteiger partial charge in [0.25, 0.3) is 5.91 Å². The van der Waals surface area contributed by atoms with Gasteiger partial charge in [0.2, 0.25) is 0 Å². The molecule has 0 saturated carbocycles. The van der Waals surface area contributed by atoms with Gasteiger partial charge in [0.1, 0.15) is 23.2 Å². The van der Waals surface area contributed by atoms with Crippen LogP contribution in [-0.2, 0) is 0 Å². The molecule has 1 aliphatic rings. The average Bonchev–Trinajstić information content (AvgIpc) is 2.50. The lowest BCUT2D eigenvalue weighted by atomic mass is 10.1. The van der Waals surface area contributed by atoms with E-state index in [2.05, 4.69) is 4.98 Å². The highest BCUT2D eigenvalue weighted by atomic mass is 16.5. The van der Waals surface area contributed by atoms with Crippen LogP contribution in [0.5, 0.6) is 11.5 Å². The number of aromatic hydroxyl groups is 1. The fraction of sp³-hybridized carbons (Fsp3) is 0.188. The third kappa shape index (κ3) is 2.94. The minimum Gasteiger partial charge on any atom is -0.507 e. The van der Waals surface area contributed by atoms with Crippen molar-refractivity contribution < 1.29 is 24.5 Å². The molecule has 2 heterocycles. The summed E-state index contributed by atoms with van der Waals surface area (Å²) in [6.45, 7) is 0.699. The van der Waals surface area contributed by atoms with Crippen LogP contribution in [0.2, 0.25) is 0 Å². The number of likely N-dealkylation sites (tertiary alicyclic amines) is 1. The Hall–Kier alpha value is -3.09. The van der Waals surface area contributed by atoms with Crippen LogP contribution in [0, 0.1) is 0 Å². The molecular formula is C16H14N2O5. The second-order valence-electron chi connectivity index (χ2n) is 5.15. The first kappa shape index (κ1) is 14.8. The highest BCUT2D eigenvalue weighted by Gasteiger charge is 2.34. The summed E-state index contributed by atoms with van der Waals surface area (Å²) >= 11 is 0. The minimum atomic E-state index is -1.26. The Labute approximate surface area is 131 Å². The Balaban J connectivity index is 1.64. The van der Waals surface area contributed by atoms with E-state index in [0.29, 0.717) is 18.7 Å². The molecule has 2 N–H and O–H groups in total. The van der Waals surface area contributed by atoms with Crippen LogP contribution in [-0.4, -0.2) is 51.2 Å². The highest BCUT2D eigenvalue weighted by molar-refractivity contribution is 5.95. The molecule has 1 aromatic heterocycles. The minimum absolute atomic E-state index is 0.0935. The summed E-state index contributed by atoms with van der Waals surface area (Å²) in [6.07, 6.45) is 2.78. The fourth-order valence-electron chi connectivity index (χ4n) is 2.36. The Morgan fingerprint density at radius 3 is 2.65 bits per heavy atom. The molecule has 7 nitrogen and oxygen atoms in total. The van der Waals surface area contributed by atoms with Gasteiger partial charge in [-0.25, -0.2) is 4.79 Å². The third-order valence-electron chi connectivity index (χ3n) is 3.56. The van der Waals surface area contributed by atoms with E-state index in [9.17, 15) is 14.7 Å². The van der Waals surface area contributed by atoms with Crippen LogP contribution in [0.15, 0.2) is 42.7 Å². The first-order chi connectivity index (χ1) is 11.1. The van der Waals surface area contributed by atoms with E-state index in [1.807, 2.05) is 0 Å². The zero-order chi connectivity index (χ0) is 16.4. The van der Waals surface area contributed by atoms with Crippen molar-refractivity contribution >= 4 is 11.9 Å². The lowest BCUT2D eigenvalue weighted by molar-refractivity contribution is 0.0168. The monoisotopic (exact) mass is 314 g/mol. The van der Waals surface area contributed by atoms with E-state index < -0.39 is 5.97 Å². The molecule has 23 heavy (non-hydrogen) atoms. The fourth-order valence-corrected chi connectivity index (χ4v) is 2.36. The number of aromatic carboxylic acids is 1. The Kier molecular flexibility index (Phi) is 3.84. The van der Waals surface area contributed by atoms with Crippen molar-refractivity contribution in [2.24, 2.45) is 0 Å². The van der Waals surface area contributed by atoms with Gasteiger partial charge in [-0.1, -0.05) is 6.07 Å². The first-order valence-electron chi connectivity index (χ1n) is 6.97. The summed E-state index contributed by atoms with van der Waals surface area (Å²) in [4.78, 5) is 28.8. The maximum Gasteiger partial charge on any atom is 0.343 e. The molecule has 0 spiro atoms. The molecule has 118 valence electrons. The van der Waals surface area contributed by atoms with Gasteiger partial charge in [0.15, 0.2) is 0 Å². The molecule has 0 radical (unpaired) electrons. The van der Waals surface area contributed by atoms with Crippen molar-refractivity contribution in [3.05, 3.63) is 53.9 Å². The molecule has 0 atom stereocenters. The number of phenols is 1. The number of nitrogens with zero attached hydrogens (tertiary/aromatic N) is 2. The summed E-state index contributed by atoms with van der Waals surface area (Å²) in [6, 6.07) is 7.65. The lowest BCUT2D eigenvalue weighted by Crippen LogP contribution is -2.56. The molecule has 0 unspecified atom stereocenters. The Morgan fingerprint density at radius 2 is 2.00 bits per heavy atom. The predicted molar refractivity (Wildman–Crippen MR) is 79.6 cm³/mol. The molecule has 2 aromatic rings. The summed E-state index contributed by atoms with van der Waals surface area (Å²) in [5, 5.41) is 18.7. The molecule has 1 saturated heterocycles. The lowest BCUT2D eigenvalue weighted by Gasteiger charge is -2.39. The smallest absolute Gasteiger partial charge is 0.343 e. The first-order valence-corrected chi connectivity index (χ1v) is 6.97. The van der Waals surface area contributed by atoms with Gasteiger partial charge in [-0.2, -0.15) is 0 Å². The maximum absolute atomic E-state index is 12.2. The van der Waals surface area contributed by atoms with Crippen molar-refractivity contribution in [1.82, 2.24) is 9.88 Å². The summed E-state index contributed by atoms with van der Waals surface area (Å²) in [5.74, 6) is -1.67. The number of carbonyl (C=O) groups excluding carboxylic acids is 1. The van der Waals surface area contributed by atoms with Crippen molar-refractivity contribution in [2.75, 3.05) is 13.1 Å². The van der Waals surface area contributed by atoms with Crippen molar-refractivity contribution in [1.29, 1.82) is 0 Å². The quantitative estimate of drug-likeness (QED) is 0.884. The van der Waals surface area contributed by atoms with Crippen molar-refractivity contribution in [3.8, 4) is 11.5 Å². The molecule has 1 amide bonds. The zero-order valence-electron chi connectivity index (χ0n) is 12.0. The van der Waals surface area contributed by atoms with Crippen LogP contribution in [0.1, 0.15) is 20.7 Å². The topological polar surface area (TPSA) is 100.0 Å². The van der Waals surface area contributed by atoms with Gasteiger partial charge >= 0.3 is 5.97 Å². The average molecular weight is 314 g/mol. The SMILES string of the molecule is O=C(O)c1c(O)cccc1OC1CN(C(=O)c2cccnc2)C1. The van der Waals surface area contributed by atoms with Crippen LogP contribution >= 0.6 is 0 Å². The summed E-state index contributed by atoms with van der Waals surface area (Å²) in [7, 11) is 0. The number of benzene rings is 1. The van der Waals surface area contributed by atoms with Gasteiger partial charge in [0.05, 0.1) is 18.7 Å². The molecule has 0 bridgehead atoms. The van der Waals surface area contributed by atoms with Crippen LogP contribution in [0.3, 0.4) is 0 Å². The Bertz CT molecular complexity index is 741. The highest BCUT2D eigenvalue weighted by Crippen LogP contribution is 2.29. The number of hydrogen-bond acceptors (Lipinski definition) is 5. The number of hydrogen-bond donors (Lipinski definition) is 2. The van der Waals surface area contributed by atoms with E-state index in [-0.39, 0.29) is 29.1 Å². The van der Waals surface area contributed by atoms with E-state index in [0.717, 1.165) is 0 Å². The van der Waals surface area contributed by atoms with E-state index in [1.165, 1.54) is 24.4 Å². The second kappa shape index (κ2) is 5.96. The number of aromatic nitrogens is 1. The van der Waals surface area contributed by atoms with Gasteiger partial charge in [-0.15, -0.1) is 0 Å². The zero-order valence-corrected chi connectivity index (χ0v) is 12.0. The van der Waals surface area contributed by atoms with Gasteiger partial charge in [-0.05, 0) is 24.3 Å².